The number of rotatable bonds is 6. The minimum Gasteiger partial charge on any atom is -0.480 e. The Labute approximate surface area is 189 Å². The molecule has 1 aliphatic heterocycles. The molecular formula is C22H27N7O2S. The second-order valence-corrected chi connectivity index (χ2v) is 9.49. The number of nitrogens with one attached hydrogen (secondary N) is 1. The van der Waals surface area contributed by atoms with Crippen molar-refractivity contribution in [2.24, 2.45) is 10.7 Å². The molecule has 3 unspecified atom stereocenters. The van der Waals surface area contributed by atoms with E-state index < -0.39 is 11.0 Å². The average Bonchev–Trinajstić information content (AvgIpc) is 2.81. The number of benzene rings is 1. The molecule has 3 N–H and O–H groups in total. The zero-order valence-corrected chi connectivity index (χ0v) is 19.4. The molecule has 32 heavy (non-hydrogen) atoms. The number of aromatic nitrogens is 3. The van der Waals surface area contributed by atoms with Gasteiger partial charge in [0.1, 0.15) is 16.5 Å². The molecule has 3 atom stereocenters. The SMILES string of the molecule is CCCc1ccc(Nc2ccnc3nc(OC)cnc23)cc1C1N=C(N)N(C)S(=O)C1C. The molecule has 0 saturated heterocycles. The number of pyridine rings is 1. The summed E-state index contributed by atoms with van der Waals surface area (Å²) in [6.07, 6.45) is 5.14. The number of hydrogen-bond acceptors (Lipinski definition) is 8. The van der Waals surface area contributed by atoms with Crippen molar-refractivity contribution in [2.75, 3.05) is 19.5 Å². The summed E-state index contributed by atoms with van der Waals surface area (Å²) >= 11 is 0. The first kappa shape index (κ1) is 21.9. The lowest BCUT2D eigenvalue weighted by Gasteiger charge is -2.32. The van der Waals surface area contributed by atoms with Gasteiger partial charge in [-0.15, -0.1) is 0 Å². The lowest BCUT2D eigenvalue weighted by atomic mass is 9.95. The fourth-order valence-corrected chi connectivity index (χ4v) is 4.97. The van der Waals surface area contributed by atoms with Crippen LogP contribution >= 0.6 is 0 Å². The number of nitrogens with zero attached hydrogens (tertiary/aromatic N) is 5. The van der Waals surface area contributed by atoms with Crippen LogP contribution in [0.2, 0.25) is 0 Å². The van der Waals surface area contributed by atoms with Gasteiger partial charge in [-0.2, -0.15) is 4.98 Å². The smallest absolute Gasteiger partial charge is 0.234 e. The van der Waals surface area contributed by atoms with Crippen molar-refractivity contribution < 1.29 is 8.95 Å². The van der Waals surface area contributed by atoms with Gasteiger partial charge in [0.05, 0.1) is 30.3 Å². The van der Waals surface area contributed by atoms with Gasteiger partial charge in [0, 0.05) is 18.9 Å². The van der Waals surface area contributed by atoms with E-state index in [1.54, 1.807) is 26.6 Å². The van der Waals surface area contributed by atoms with Gasteiger partial charge in [-0.05, 0) is 42.7 Å². The molecule has 3 aromatic rings. The van der Waals surface area contributed by atoms with Crippen molar-refractivity contribution >= 4 is 39.5 Å². The highest BCUT2D eigenvalue weighted by Gasteiger charge is 2.33. The van der Waals surface area contributed by atoms with E-state index in [0.717, 1.165) is 29.8 Å². The third-order valence-electron chi connectivity index (χ3n) is 5.52. The summed E-state index contributed by atoms with van der Waals surface area (Å²) in [6.45, 7) is 4.09. The maximum absolute atomic E-state index is 12.8. The van der Waals surface area contributed by atoms with E-state index in [9.17, 15) is 4.21 Å². The number of aryl methyl sites for hydroxylation is 1. The first-order valence-corrected chi connectivity index (χ1v) is 11.6. The third-order valence-corrected chi connectivity index (χ3v) is 7.14. The van der Waals surface area contributed by atoms with Gasteiger partial charge < -0.3 is 15.8 Å². The minimum atomic E-state index is -1.25. The van der Waals surface area contributed by atoms with Crippen LogP contribution in [-0.2, 0) is 17.4 Å². The Balaban J connectivity index is 1.75. The van der Waals surface area contributed by atoms with Crippen LogP contribution in [0.4, 0.5) is 11.4 Å². The Bertz CT molecular complexity index is 1200. The fourth-order valence-electron chi connectivity index (χ4n) is 3.81. The topological polar surface area (TPSA) is 119 Å². The normalized spacial score (nSPS) is 20.8. The number of guanidine groups is 1. The summed E-state index contributed by atoms with van der Waals surface area (Å²) in [6, 6.07) is 7.76. The second kappa shape index (κ2) is 9.07. The monoisotopic (exact) mass is 453 g/mol. The second-order valence-electron chi connectivity index (χ2n) is 7.64. The lowest BCUT2D eigenvalue weighted by molar-refractivity contribution is 0.397. The molecule has 2 aromatic heterocycles. The number of anilines is 2. The van der Waals surface area contributed by atoms with Crippen LogP contribution in [0.5, 0.6) is 5.88 Å². The Hall–Kier alpha value is -3.27. The van der Waals surface area contributed by atoms with Crippen LogP contribution in [0.15, 0.2) is 41.7 Å². The van der Waals surface area contributed by atoms with Crippen molar-refractivity contribution in [3.8, 4) is 5.88 Å². The van der Waals surface area contributed by atoms with Crippen LogP contribution < -0.4 is 15.8 Å². The highest BCUT2D eigenvalue weighted by atomic mass is 32.2. The molecule has 3 heterocycles. The number of aliphatic imine (C=N–C) groups is 1. The largest absolute Gasteiger partial charge is 0.480 e. The van der Waals surface area contributed by atoms with Crippen molar-refractivity contribution in [1.29, 1.82) is 0 Å². The van der Waals surface area contributed by atoms with E-state index in [1.165, 1.54) is 9.87 Å². The number of ether oxygens (including phenoxy) is 1. The van der Waals surface area contributed by atoms with E-state index in [0.29, 0.717) is 17.0 Å². The number of methoxy groups -OCH3 is 1. The minimum absolute atomic E-state index is 0.196. The molecule has 4 rings (SSSR count). The molecule has 168 valence electrons. The number of hydrogen-bond donors (Lipinski definition) is 2. The third kappa shape index (κ3) is 4.10. The first-order valence-electron chi connectivity index (χ1n) is 10.5. The molecule has 0 aliphatic carbocycles. The zero-order chi connectivity index (χ0) is 22.8. The van der Waals surface area contributed by atoms with E-state index in [-0.39, 0.29) is 17.3 Å². The Morgan fingerprint density at radius 3 is 2.84 bits per heavy atom. The van der Waals surface area contributed by atoms with Crippen LogP contribution in [-0.4, -0.2) is 48.8 Å². The molecular weight excluding hydrogens is 426 g/mol. The van der Waals surface area contributed by atoms with Crippen molar-refractivity contribution in [1.82, 2.24) is 19.3 Å². The Morgan fingerprint density at radius 1 is 1.28 bits per heavy atom. The number of fused-ring (bicyclic) bond motifs is 1. The van der Waals surface area contributed by atoms with E-state index in [2.05, 4.69) is 44.3 Å². The maximum atomic E-state index is 12.8. The number of nitrogens with two attached hydrogens (primary N) is 1. The van der Waals surface area contributed by atoms with Gasteiger partial charge in [0.2, 0.25) is 11.8 Å². The Morgan fingerprint density at radius 2 is 2.09 bits per heavy atom. The predicted octanol–water partition coefficient (Wildman–Crippen LogP) is 3.08. The molecule has 0 amide bonds. The summed E-state index contributed by atoms with van der Waals surface area (Å²) in [4.78, 5) is 17.8. The zero-order valence-electron chi connectivity index (χ0n) is 18.6. The molecule has 9 nitrogen and oxygen atoms in total. The van der Waals surface area contributed by atoms with Gasteiger partial charge in [-0.1, -0.05) is 19.4 Å². The van der Waals surface area contributed by atoms with E-state index >= 15 is 0 Å². The molecule has 1 aliphatic rings. The van der Waals surface area contributed by atoms with Gasteiger partial charge in [0.15, 0.2) is 5.65 Å². The molecule has 0 bridgehead atoms. The van der Waals surface area contributed by atoms with Crippen LogP contribution in [0, 0.1) is 0 Å². The predicted molar refractivity (Wildman–Crippen MR) is 127 cm³/mol. The summed E-state index contributed by atoms with van der Waals surface area (Å²) < 4.78 is 19.5. The van der Waals surface area contributed by atoms with Crippen molar-refractivity contribution in [2.45, 2.75) is 38.0 Å². The summed E-state index contributed by atoms with van der Waals surface area (Å²) in [5, 5.41) is 3.23. The Kier molecular flexibility index (Phi) is 6.22. The van der Waals surface area contributed by atoms with Crippen LogP contribution in [0.25, 0.3) is 11.2 Å². The molecule has 0 saturated carbocycles. The van der Waals surface area contributed by atoms with Gasteiger partial charge in [-0.3, -0.25) is 4.31 Å². The van der Waals surface area contributed by atoms with Gasteiger partial charge >= 0.3 is 0 Å². The first-order chi connectivity index (χ1) is 15.4. The summed E-state index contributed by atoms with van der Waals surface area (Å²) in [5.74, 6) is 0.699. The van der Waals surface area contributed by atoms with Crippen molar-refractivity contribution in [3.05, 3.63) is 47.8 Å². The molecule has 0 fully saturated rings. The van der Waals surface area contributed by atoms with Gasteiger partial charge in [-0.25, -0.2) is 19.2 Å². The highest BCUT2D eigenvalue weighted by molar-refractivity contribution is 7.83. The highest BCUT2D eigenvalue weighted by Crippen LogP contribution is 2.35. The van der Waals surface area contributed by atoms with E-state index in [4.69, 9.17) is 10.5 Å². The quantitative estimate of drug-likeness (QED) is 0.589. The fraction of sp³-hybridized carbons (Fsp3) is 0.364. The maximum Gasteiger partial charge on any atom is 0.234 e. The van der Waals surface area contributed by atoms with Crippen LogP contribution in [0.3, 0.4) is 0 Å². The van der Waals surface area contributed by atoms with Crippen molar-refractivity contribution in [3.63, 3.8) is 0 Å². The summed E-state index contributed by atoms with van der Waals surface area (Å²) in [7, 11) is 2.00. The standard InChI is InChI=1S/C22H27N7O2S/c1-5-6-14-7-8-15(11-16(14)19-13(2)32(30)29(3)22(23)28-19)26-17-9-10-24-21-20(17)25-12-18(27-21)31-4/h7-13,19H,5-6H2,1-4H3,(H2,23,28)(H,24,26,27). The molecule has 1 aromatic carbocycles. The average molecular weight is 454 g/mol. The molecule has 10 heteroatoms. The van der Waals surface area contributed by atoms with E-state index in [1.807, 2.05) is 19.1 Å². The van der Waals surface area contributed by atoms with Crippen LogP contribution in [0.1, 0.15) is 37.4 Å². The summed E-state index contributed by atoms with van der Waals surface area (Å²) in [5.41, 5.74) is 11.1. The van der Waals surface area contributed by atoms with Gasteiger partial charge in [0.25, 0.3) is 0 Å². The molecule has 0 spiro atoms. The lowest BCUT2D eigenvalue weighted by Crippen LogP contribution is -2.45. The molecule has 0 radical (unpaired) electrons.